The summed E-state index contributed by atoms with van der Waals surface area (Å²) < 4.78 is 5.87. The number of carbonyl (C=O) groups excluding carboxylic acids is 2. The Morgan fingerprint density at radius 3 is 2.76 bits per heavy atom. The summed E-state index contributed by atoms with van der Waals surface area (Å²) in [6.45, 7) is 2.08. The van der Waals surface area contributed by atoms with Crippen LogP contribution in [0.2, 0.25) is 0 Å². The number of aromatic nitrogens is 2. The highest BCUT2D eigenvalue weighted by atomic mass is 79.9. The molecule has 0 aliphatic carbocycles. The average molecular weight is 458 g/mol. The molecule has 3 aromatic heterocycles. The van der Waals surface area contributed by atoms with Crippen LogP contribution in [-0.4, -0.2) is 28.5 Å². The molecule has 3 heterocycles. The Kier molecular flexibility index (Phi) is 5.94. The van der Waals surface area contributed by atoms with E-state index in [0.717, 1.165) is 14.4 Å². The van der Waals surface area contributed by atoms with Crippen LogP contribution in [0.4, 0.5) is 5.13 Å². The number of rotatable bonds is 6. The van der Waals surface area contributed by atoms with E-state index in [1.807, 2.05) is 11.4 Å². The first-order valence-electron chi connectivity index (χ1n) is 7.16. The van der Waals surface area contributed by atoms with E-state index in [1.54, 1.807) is 29.0 Å². The molecule has 0 fully saturated rings. The fourth-order valence-electron chi connectivity index (χ4n) is 1.88. The van der Waals surface area contributed by atoms with Crippen molar-refractivity contribution in [2.45, 2.75) is 13.3 Å². The van der Waals surface area contributed by atoms with Crippen LogP contribution in [-0.2, 0) is 16.0 Å². The van der Waals surface area contributed by atoms with Gasteiger partial charge in [-0.25, -0.2) is 9.97 Å². The van der Waals surface area contributed by atoms with E-state index in [1.165, 1.54) is 22.7 Å². The smallest absolute Gasteiger partial charge is 0.311 e. The Labute approximate surface area is 164 Å². The van der Waals surface area contributed by atoms with E-state index >= 15 is 0 Å². The van der Waals surface area contributed by atoms with Crippen LogP contribution in [0.1, 0.15) is 23.1 Å². The monoisotopic (exact) mass is 457 g/mol. The molecule has 0 saturated carbocycles. The first-order chi connectivity index (χ1) is 12.0. The van der Waals surface area contributed by atoms with Gasteiger partial charge in [-0.2, -0.15) is 0 Å². The van der Waals surface area contributed by atoms with E-state index < -0.39 is 0 Å². The predicted molar refractivity (Wildman–Crippen MR) is 104 cm³/mol. The fourth-order valence-corrected chi connectivity index (χ4v) is 4.90. The standard InChI is InChI=1S/C15H12BrN3O3S3/c1-2-22-12(20)4-9-6-25-15(17-9)19-13(21)10-7-24-14(18-10)11-3-8(16)5-23-11/h3,5-7H,2,4H2,1H3,(H,17,19,21). The molecule has 0 bridgehead atoms. The number of esters is 1. The lowest BCUT2D eigenvalue weighted by Crippen LogP contribution is -2.12. The van der Waals surface area contributed by atoms with Crippen molar-refractivity contribution in [2.24, 2.45) is 0 Å². The van der Waals surface area contributed by atoms with Gasteiger partial charge in [-0.1, -0.05) is 0 Å². The zero-order valence-electron chi connectivity index (χ0n) is 12.9. The third-order valence-electron chi connectivity index (χ3n) is 2.92. The van der Waals surface area contributed by atoms with Gasteiger partial charge in [-0.3, -0.25) is 14.9 Å². The van der Waals surface area contributed by atoms with Crippen LogP contribution in [0, 0.1) is 0 Å². The number of thiophene rings is 1. The van der Waals surface area contributed by atoms with Gasteiger partial charge in [0.1, 0.15) is 10.7 Å². The molecule has 0 spiro atoms. The fraction of sp³-hybridized carbons (Fsp3) is 0.200. The SMILES string of the molecule is CCOC(=O)Cc1csc(NC(=O)c2csc(-c3cc(Br)cs3)n2)n1. The number of hydrogen-bond donors (Lipinski definition) is 1. The molecule has 1 N–H and O–H groups in total. The van der Waals surface area contributed by atoms with Crippen molar-refractivity contribution in [1.82, 2.24) is 9.97 Å². The minimum Gasteiger partial charge on any atom is -0.466 e. The van der Waals surface area contributed by atoms with Gasteiger partial charge >= 0.3 is 5.97 Å². The Balaban J connectivity index is 1.64. The number of anilines is 1. The summed E-state index contributed by atoms with van der Waals surface area (Å²) in [5.74, 6) is -0.660. The number of hydrogen-bond acceptors (Lipinski definition) is 8. The maximum absolute atomic E-state index is 12.3. The van der Waals surface area contributed by atoms with E-state index in [4.69, 9.17) is 4.74 Å². The molecule has 0 atom stereocenters. The van der Waals surface area contributed by atoms with Crippen LogP contribution < -0.4 is 5.32 Å². The number of thiazole rings is 2. The predicted octanol–water partition coefficient (Wildman–Crippen LogP) is 4.45. The van der Waals surface area contributed by atoms with Crippen molar-refractivity contribution in [3.63, 3.8) is 0 Å². The molecule has 3 rings (SSSR count). The molecular formula is C15H12BrN3O3S3. The quantitative estimate of drug-likeness (QED) is 0.552. The van der Waals surface area contributed by atoms with Crippen molar-refractivity contribution in [2.75, 3.05) is 11.9 Å². The van der Waals surface area contributed by atoms with Gasteiger partial charge in [0.2, 0.25) is 0 Å². The first kappa shape index (κ1) is 18.2. The first-order valence-corrected chi connectivity index (χ1v) is 10.6. The van der Waals surface area contributed by atoms with Gasteiger partial charge in [-0.05, 0) is 28.9 Å². The van der Waals surface area contributed by atoms with Gasteiger partial charge in [0.25, 0.3) is 5.91 Å². The molecule has 0 aliphatic rings. The molecule has 0 saturated heterocycles. The highest BCUT2D eigenvalue weighted by molar-refractivity contribution is 9.10. The van der Waals surface area contributed by atoms with Crippen LogP contribution >= 0.6 is 49.9 Å². The molecule has 0 unspecified atom stereocenters. The van der Waals surface area contributed by atoms with Gasteiger partial charge in [0.15, 0.2) is 5.13 Å². The number of amides is 1. The van der Waals surface area contributed by atoms with Crippen molar-refractivity contribution >= 4 is 66.9 Å². The summed E-state index contributed by atoms with van der Waals surface area (Å²) in [4.78, 5) is 33.3. The van der Waals surface area contributed by atoms with E-state index in [2.05, 4.69) is 31.2 Å². The van der Waals surface area contributed by atoms with Crippen molar-refractivity contribution < 1.29 is 14.3 Å². The second kappa shape index (κ2) is 8.17. The summed E-state index contributed by atoms with van der Waals surface area (Å²) in [6.07, 6.45) is 0.0916. The summed E-state index contributed by atoms with van der Waals surface area (Å²) in [6, 6.07) is 1.97. The zero-order valence-corrected chi connectivity index (χ0v) is 17.0. The molecule has 130 valence electrons. The van der Waals surface area contributed by atoms with Crippen molar-refractivity contribution in [1.29, 1.82) is 0 Å². The van der Waals surface area contributed by atoms with Crippen LogP contribution in [0.15, 0.2) is 26.7 Å². The molecule has 6 nitrogen and oxygen atoms in total. The minimum atomic E-state index is -0.336. The summed E-state index contributed by atoms with van der Waals surface area (Å²) >= 11 is 7.64. The van der Waals surface area contributed by atoms with E-state index in [0.29, 0.717) is 23.1 Å². The average Bonchev–Trinajstić information content (AvgIpc) is 3.28. The number of nitrogens with one attached hydrogen (secondary N) is 1. The lowest BCUT2D eigenvalue weighted by atomic mass is 10.3. The Morgan fingerprint density at radius 1 is 1.20 bits per heavy atom. The summed E-state index contributed by atoms with van der Waals surface area (Å²) in [5, 5.41) is 9.34. The van der Waals surface area contributed by atoms with Gasteiger partial charge in [0.05, 0.1) is 23.6 Å². The van der Waals surface area contributed by atoms with Crippen molar-refractivity contribution in [3.05, 3.63) is 38.1 Å². The Hall–Kier alpha value is -1.62. The lowest BCUT2D eigenvalue weighted by Gasteiger charge is -1.99. The maximum atomic E-state index is 12.3. The number of carbonyl (C=O) groups is 2. The Morgan fingerprint density at radius 2 is 2.04 bits per heavy atom. The second-order valence-electron chi connectivity index (χ2n) is 4.75. The summed E-state index contributed by atoms with van der Waals surface area (Å²) in [7, 11) is 0. The largest absolute Gasteiger partial charge is 0.466 e. The zero-order chi connectivity index (χ0) is 17.8. The molecule has 1 amide bonds. The minimum absolute atomic E-state index is 0.0916. The number of ether oxygens (including phenoxy) is 1. The second-order valence-corrected chi connectivity index (χ2v) is 8.29. The molecule has 0 aliphatic heterocycles. The normalized spacial score (nSPS) is 10.6. The number of halogens is 1. The number of nitrogens with zero attached hydrogens (tertiary/aromatic N) is 2. The van der Waals surface area contributed by atoms with Gasteiger partial charge in [0, 0.05) is 20.6 Å². The van der Waals surface area contributed by atoms with Crippen LogP contribution in [0.3, 0.4) is 0 Å². The van der Waals surface area contributed by atoms with Crippen LogP contribution in [0.5, 0.6) is 0 Å². The molecular weight excluding hydrogens is 446 g/mol. The third-order valence-corrected chi connectivity index (χ3v) is 6.43. The van der Waals surface area contributed by atoms with E-state index in [9.17, 15) is 9.59 Å². The highest BCUT2D eigenvalue weighted by Gasteiger charge is 2.15. The molecule has 0 radical (unpaired) electrons. The highest BCUT2D eigenvalue weighted by Crippen LogP contribution is 2.32. The molecule has 10 heteroatoms. The van der Waals surface area contributed by atoms with Gasteiger partial charge in [-0.15, -0.1) is 34.0 Å². The molecule has 0 aromatic carbocycles. The Bertz CT molecular complexity index is 903. The lowest BCUT2D eigenvalue weighted by molar-refractivity contribution is -0.142. The topological polar surface area (TPSA) is 81.2 Å². The summed E-state index contributed by atoms with van der Waals surface area (Å²) in [5.41, 5.74) is 0.910. The molecule has 3 aromatic rings. The molecule has 25 heavy (non-hydrogen) atoms. The van der Waals surface area contributed by atoms with Crippen molar-refractivity contribution in [3.8, 4) is 9.88 Å². The van der Waals surface area contributed by atoms with E-state index in [-0.39, 0.29) is 18.3 Å². The van der Waals surface area contributed by atoms with Crippen LogP contribution in [0.25, 0.3) is 9.88 Å². The van der Waals surface area contributed by atoms with Gasteiger partial charge < -0.3 is 4.74 Å². The third kappa shape index (κ3) is 4.72. The maximum Gasteiger partial charge on any atom is 0.311 e.